The topological polar surface area (TPSA) is 92.4 Å². The number of carboxylic acid groups (broad SMARTS) is 1. The van der Waals surface area contributed by atoms with Crippen LogP contribution in [0.4, 0.5) is 0 Å². The van der Waals surface area contributed by atoms with Gasteiger partial charge in [-0.05, 0) is 25.2 Å². The molecule has 0 heterocycles. The Bertz CT molecular complexity index is 322. The maximum atomic E-state index is 12.1. The Balaban J connectivity index is 4.40. The van der Waals surface area contributed by atoms with E-state index >= 15 is 0 Å². The van der Waals surface area contributed by atoms with Crippen LogP contribution in [0.15, 0.2) is 0 Å². The summed E-state index contributed by atoms with van der Waals surface area (Å²) in [6, 6.07) is -0.206. The van der Waals surface area contributed by atoms with Crippen molar-refractivity contribution in [2.24, 2.45) is 17.1 Å². The quantitative estimate of drug-likeness (QED) is 0.637. The van der Waals surface area contributed by atoms with Crippen LogP contribution in [0.25, 0.3) is 0 Å². The summed E-state index contributed by atoms with van der Waals surface area (Å²) in [5.74, 6) is -1.09. The van der Waals surface area contributed by atoms with Gasteiger partial charge in [0.15, 0.2) is 0 Å². The van der Waals surface area contributed by atoms with Crippen molar-refractivity contribution in [2.45, 2.75) is 72.4 Å². The zero-order valence-electron chi connectivity index (χ0n) is 13.4. The molecule has 0 aliphatic heterocycles. The summed E-state index contributed by atoms with van der Waals surface area (Å²) in [5, 5.41) is 11.8. The highest BCUT2D eigenvalue weighted by atomic mass is 16.4. The van der Waals surface area contributed by atoms with Crippen molar-refractivity contribution in [3.63, 3.8) is 0 Å². The first kappa shape index (κ1) is 18.9. The summed E-state index contributed by atoms with van der Waals surface area (Å²) in [4.78, 5) is 23.0. The van der Waals surface area contributed by atoms with Crippen molar-refractivity contribution in [3.05, 3.63) is 0 Å². The molecule has 0 bridgehead atoms. The molecule has 0 radical (unpaired) electrons. The molecule has 0 aliphatic carbocycles. The van der Waals surface area contributed by atoms with Crippen LogP contribution in [-0.2, 0) is 9.59 Å². The average molecular weight is 286 g/mol. The van der Waals surface area contributed by atoms with Gasteiger partial charge in [-0.2, -0.15) is 0 Å². The number of nitrogens with two attached hydrogens (primary N) is 1. The molecule has 0 aromatic carbocycles. The van der Waals surface area contributed by atoms with Crippen molar-refractivity contribution in [1.82, 2.24) is 5.32 Å². The monoisotopic (exact) mass is 286 g/mol. The van der Waals surface area contributed by atoms with Crippen molar-refractivity contribution in [2.75, 3.05) is 0 Å². The standard InChI is InChI=1S/C15H30N2O3/c1-10(7-6-8-11(2)16)14(20)17-12(9-13(18)19)15(3,4)5/h10-12H,6-9,16H2,1-5H3,(H,17,20)(H,18,19). The number of hydrogen-bond donors (Lipinski definition) is 3. The van der Waals surface area contributed by atoms with E-state index < -0.39 is 5.97 Å². The number of hydrogen-bond acceptors (Lipinski definition) is 3. The average Bonchev–Trinajstić information content (AvgIpc) is 2.25. The number of amides is 1. The summed E-state index contributed by atoms with van der Waals surface area (Å²) in [6.45, 7) is 9.62. The molecular weight excluding hydrogens is 256 g/mol. The normalized spacial score (nSPS) is 16.3. The molecule has 4 N–H and O–H groups in total. The van der Waals surface area contributed by atoms with Crippen LogP contribution in [0.5, 0.6) is 0 Å². The summed E-state index contributed by atoms with van der Waals surface area (Å²) in [6.07, 6.45) is 2.53. The number of rotatable bonds is 8. The molecule has 0 rings (SSSR count). The summed E-state index contributed by atoms with van der Waals surface area (Å²) < 4.78 is 0. The first-order valence-corrected chi connectivity index (χ1v) is 7.31. The van der Waals surface area contributed by atoms with Crippen LogP contribution < -0.4 is 11.1 Å². The zero-order valence-corrected chi connectivity index (χ0v) is 13.4. The predicted molar refractivity (Wildman–Crippen MR) is 80.3 cm³/mol. The minimum Gasteiger partial charge on any atom is -0.481 e. The van der Waals surface area contributed by atoms with Gasteiger partial charge in [-0.15, -0.1) is 0 Å². The Morgan fingerprint density at radius 1 is 1.20 bits per heavy atom. The molecule has 0 fully saturated rings. The van der Waals surface area contributed by atoms with Crippen LogP contribution in [0, 0.1) is 11.3 Å². The first-order chi connectivity index (χ1) is 9.04. The number of carboxylic acids is 1. The van der Waals surface area contributed by atoms with E-state index in [0.29, 0.717) is 0 Å². The van der Waals surface area contributed by atoms with Crippen LogP contribution in [-0.4, -0.2) is 29.1 Å². The fourth-order valence-electron chi connectivity index (χ4n) is 1.94. The lowest BCUT2D eigenvalue weighted by atomic mass is 9.84. The number of nitrogens with one attached hydrogen (secondary N) is 1. The predicted octanol–water partition coefficient (Wildman–Crippen LogP) is 2.15. The minimum absolute atomic E-state index is 0.0538. The molecule has 3 unspecified atom stereocenters. The van der Waals surface area contributed by atoms with E-state index in [1.165, 1.54) is 0 Å². The van der Waals surface area contributed by atoms with Crippen LogP contribution >= 0.6 is 0 Å². The first-order valence-electron chi connectivity index (χ1n) is 7.31. The third-order valence-corrected chi connectivity index (χ3v) is 3.48. The lowest BCUT2D eigenvalue weighted by molar-refractivity contribution is -0.138. The van der Waals surface area contributed by atoms with E-state index in [0.717, 1.165) is 19.3 Å². The van der Waals surface area contributed by atoms with E-state index in [2.05, 4.69) is 5.32 Å². The van der Waals surface area contributed by atoms with Gasteiger partial charge in [0.05, 0.1) is 6.42 Å². The van der Waals surface area contributed by atoms with Gasteiger partial charge in [0.1, 0.15) is 0 Å². The van der Waals surface area contributed by atoms with E-state index in [1.807, 2.05) is 34.6 Å². The Morgan fingerprint density at radius 2 is 1.75 bits per heavy atom. The third kappa shape index (κ3) is 8.15. The highest BCUT2D eigenvalue weighted by Crippen LogP contribution is 2.22. The Morgan fingerprint density at radius 3 is 2.15 bits per heavy atom. The van der Waals surface area contributed by atoms with E-state index in [4.69, 9.17) is 10.8 Å². The van der Waals surface area contributed by atoms with E-state index in [1.54, 1.807) is 0 Å². The maximum absolute atomic E-state index is 12.1. The van der Waals surface area contributed by atoms with Gasteiger partial charge in [-0.1, -0.05) is 34.1 Å². The van der Waals surface area contributed by atoms with Gasteiger partial charge in [-0.25, -0.2) is 0 Å². The number of aliphatic carboxylic acids is 1. The summed E-state index contributed by atoms with van der Waals surface area (Å²) in [7, 11) is 0. The highest BCUT2D eigenvalue weighted by molar-refractivity contribution is 5.79. The van der Waals surface area contributed by atoms with Crippen LogP contribution in [0.2, 0.25) is 0 Å². The van der Waals surface area contributed by atoms with Gasteiger partial charge in [0.25, 0.3) is 0 Å². The molecule has 0 saturated carbocycles. The zero-order chi connectivity index (χ0) is 15.9. The number of carbonyl (C=O) groups is 2. The minimum atomic E-state index is -0.894. The van der Waals surface area contributed by atoms with Gasteiger partial charge >= 0.3 is 5.97 Å². The second-order valence-electron chi connectivity index (χ2n) is 6.83. The Hall–Kier alpha value is -1.10. The van der Waals surface area contributed by atoms with Crippen molar-refractivity contribution in [1.29, 1.82) is 0 Å². The number of carbonyl (C=O) groups excluding carboxylic acids is 1. The molecule has 5 heteroatoms. The molecule has 0 aromatic rings. The lowest BCUT2D eigenvalue weighted by Gasteiger charge is -2.31. The van der Waals surface area contributed by atoms with E-state index in [9.17, 15) is 9.59 Å². The van der Waals surface area contributed by atoms with Gasteiger partial charge in [-0.3, -0.25) is 9.59 Å². The lowest BCUT2D eigenvalue weighted by Crippen LogP contribution is -2.46. The molecule has 5 nitrogen and oxygen atoms in total. The highest BCUT2D eigenvalue weighted by Gasteiger charge is 2.29. The maximum Gasteiger partial charge on any atom is 0.305 e. The van der Waals surface area contributed by atoms with Gasteiger partial charge in [0, 0.05) is 18.0 Å². The molecule has 1 amide bonds. The van der Waals surface area contributed by atoms with Gasteiger partial charge in [0.2, 0.25) is 5.91 Å². The fourth-order valence-corrected chi connectivity index (χ4v) is 1.94. The molecule has 0 aromatic heterocycles. The van der Waals surface area contributed by atoms with Gasteiger partial charge < -0.3 is 16.2 Å². The van der Waals surface area contributed by atoms with Crippen molar-refractivity contribution in [3.8, 4) is 0 Å². The Kier molecular flexibility index (Phi) is 7.79. The van der Waals surface area contributed by atoms with Crippen molar-refractivity contribution >= 4 is 11.9 Å². The molecule has 118 valence electrons. The largest absolute Gasteiger partial charge is 0.481 e. The smallest absolute Gasteiger partial charge is 0.305 e. The summed E-state index contributed by atoms with van der Waals surface area (Å²) >= 11 is 0. The van der Waals surface area contributed by atoms with E-state index in [-0.39, 0.29) is 35.7 Å². The molecule has 0 saturated heterocycles. The SMILES string of the molecule is CC(N)CCCC(C)C(=O)NC(CC(=O)O)C(C)(C)C. The second-order valence-corrected chi connectivity index (χ2v) is 6.83. The molecular formula is C15H30N2O3. The second kappa shape index (κ2) is 8.25. The molecule has 0 aliphatic rings. The van der Waals surface area contributed by atoms with Crippen LogP contribution in [0.3, 0.4) is 0 Å². The molecule has 0 spiro atoms. The van der Waals surface area contributed by atoms with Crippen LogP contribution in [0.1, 0.15) is 60.3 Å². The third-order valence-electron chi connectivity index (χ3n) is 3.48. The Labute approximate surface area is 122 Å². The molecule has 3 atom stereocenters. The van der Waals surface area contributed by atoms with Crippen molar-refractivity contribution < 1.29 is 14.7 Å². The molecule has 20 heavy (non-hydrogen) atoms. The fraction of sp³-hybridized carbons (Fsp3) is 0.867. The summed E-state index contributed by atoms with van der Waals surface area (Å²) in [5.41, 5.74) is 5.40.